The zero-order valence-electron chi connectivity index (χ0n) is 8.05. The highest BCUT2D eigenvalue weighted by Crippen LogP contribution is 2.19. The molecule has 4 nitrogen and oxygen atoms in total. The van der Waals surface area contributed by atoms with E-state index in [1.807, 2.05) is 6.92 Å². The van der Waals surface area contributed by atoms with Crippen LogP contribution in [0, 0.1) is 0 Å². The molecule has 3 N–H and O–H groups in total. The van der Waals surface area contributed by atoms with Crippen molar-refractivity contribution < 1.29 is 4.79 Å². The first-order valence-corrected chi connectivity index (χ1v) is 4.86. The number of likely N-dealkylation sites (tertiary alicyclic amines) is 1. The molecule has 2 aliphatic rings. The van der Waals surface area contributed by atoms with Gasteiger partial charge in [0, 0.05) is 24.7 Å². The maximum Gasteiger partial charge on any atom is 0.234 e. The molecule has 74 valence electrons. The fourth-order valence-electron chi connectivity index (χ4n) is 1.79. The van der Waals surface area contributed by atoms with Crippen molar-refractivity contribution in [1.82, 2.24) is 10.2 Å². The molecule has 2 fully saturated rings. The summed E-state index contributed by atoms with van der Waals surface area (Å²) in [5, 5.41) is 2.96. The van der Waals surface area contributed by atoms with Gasteiger partial charge in [-0.05, 0) is 19.8 Å². The van der Waals surface area contributed by atoms with E-state index < -0.39 is 0 Å². The van der Waals surface area contributed by atoms with Crippen molar-refractivity contribution in [3.63, 3.8) is 0 Å². The summed E-state index contributed by atoms with van der Waals surface area (Å²) in [4.78, 5) is 13.4. The molecule has 1 aliphatic carbocycles. The van der Waals surface area contributed by atoms with Crippen LogP contribution in [0.2, 0.25) is 0 Å². The van der Waals surface area contributed by atoms with Crippen molar-refractivity contribution in [3.8, 4) is 0 Å². The highest BCUT2D eigenvalue weighted by molar-refractivity contribution is 5.78. The van der Waals surface area contributed by atoms with Crippen LogP contribution in [-0.2, 0) is 4.79 Å². The molecule has 13 heavy (non-hydrogen) atoms. The molecule has 0 aromatic rings. The molecule has 0 radical (unpaired) electrons. The third-order valence-corrected chi connectivity index (χ3v) is 2.48. The standard InChI is InChI=1S/C9H17N3O/c1-9(10)5-12(6-9)4-8(13)11-7-2-3-7/h7H,2-6,10H2,1H3,(H,11,13). The Morgan fingerprint density at radius 2 is 2.23 bits per heavy atom. The third kappa shape index (κ3) is 2.42. The zero-order chi connectivity index (χ0) is 9.47. The summed E-state index contributed by atoms with van der Waals surface area (Å²) in [6.45, 7) is 4.21. The summed E-state index contributed by atoms with van der Waals surface area (Å²) >= 11 is 0. The van der Waals surface area contributed by atoms with E-state index >= 15 is 0 Å². The Hall–Kier alpha value is -0.610. The summed E-state index contributed by atoms with van der Waals surface area (Å²) in [7, 11) is 0. The van der Waals surface area contributed by atoms with Crippen LogP contribution in [-0.4, -0.2) is 42.0 Å². The van der Waals surface area contributed by atoms with E-state index in [-0.39, 0.29) is 11.4 Å². The Labute approximate surface area is 78.5 Å². The van der Waals surface area contributed by atoms with Gasteiger partial charge in [0.2, 0.25) is 5.91 Å². The van der Waals surface area contributed by atoms with Crippen molar-refractivity contribution in [2.75, 3.05) is 19.6 Å². The van der Waals surface area contributed by atoms with E-state index in [9.17, 15) is 4.79 Å². The van der Waals surface area contributed by atoms with Gasteiger partial charge < -0.3 is 11.1 Å². The number of carbonyl (C=O) groups is 1. The van der Waals surface area contributed by atoms with Crippen molar-refractivity contribution in [2.24, 2.45) is 5.73 Å². The quantitative estimate of drug-likeness (QED) is 0.608. The Morgan fingerprint density at radius 3 is 2.69 bits per heavy atom. The number of carbonyl (C=O) groups excluding carboxylic acids is 1. The van der Waals surface area contributed by atoms with Gasteiger partial charge in [0.1, 0.15) is 0 Å². The van der Waals surface area contributed by atoms with Crippen molar-refractivity contribution in [3.05, 3.63) is 0 Å². The van der Waals surface area contributed by atoms with Crippen LogP contribution in [0.5, 0.6) is 0 Å². The molecular weight excluding hydrogens is 166 g/mol. The van der Waals surface area contributed by atoms with Gasteiger partial charge >= 0.3 is 0 Å². The van der Waals surface area contributed by atoms with Crippen LogP contribution in [0.15, 0.2) is 0 Å². The van der Waals surface area contributed by atoms with E-state index in [0.717, 1.165) is 25.9 Å². The number of hydrogen-bond acceptors (Lipinski definition) is 3. The maximum absolute atomic E-state index is 11.3. The van der Waals surface area contributed by atoms with Crippen LogP contribution in [0.25, 0.3) is 0 Å². The van der Waals surface area contributed by atoms with Crippen LogP contribution >= 0.6 is 0 Å². The summed E-state index contributed by atoms with van der Waals surface area (Å²) in [6.07, 6.45) is 2.31. The van der Waals surface area contributed by atoms with E-state index in [1.54, 1.807) is 0 Å². The molecule has 1 amide bonds. The highest BCUT2D eigenvalue weighted by atomic mass is 16.2. The number of amides is 1. The first-order chi connectivity index (χ1) is 6.05. The van der Waals surface area contributed by atoms with Crippen molar-refractivity contribution >= 4 is 5.91 Å². The monoisotopic (exact) mass is 183 g/mol. The molecule has 0 aromatic heterocycles. The molecule has 0 spiro atoms. The largest absolute Gasteiger partial charge is 0.352 e. The fraction of sp³-hybridized carbons (Fsp3) is 0.889. The minimum atomic E-state index is -0.0696. The van der Waals surface area contributed by atoms with Gasteiger partial charge in [-0.25, -0.2) is 0 Å². The lowest BCUT2D eigenvalue weighted by Gasteiger charge is -2.45. The molecule has 1 heterocycles. The van der Waals surface area contributed by atoms with Gasteiger partial charge in [-0.15, -0.1) is 0 Å². The Balaban J connectivity index is 1.64. The number of nitrogens with one attached hydrogen (secondary N) is 1. The number of nitrogens with two attached hydrogens (primary N) is 1. The lowest BCUT2D eigenvalue weighted by Crippen LogP contribution is -2.66. The van der Waals surface area contributed by atoms with Crippen LogP contribution in [0.4, 0.5) is 0 Å². The minimum absolute atomic E-state index is 0.0696. The van der Waals surface area contributed by atoms with Gasteiger partial charge in [0.15, 0.2) is 0 Å². The second kappa shape index (κ2) is 2.96. The first-order valence-electron chi connectivity index (χ1n) is 4.86. The average molecular weight is 183 g/mol. The second-order valence-corrected chi connectivity index (χ2v) is 4.64. The van der Waals surface area contributed by atoms with Gasteiger partial charge in [0.25, 0.3) is 0 Å². The molecule has 0 aromatic carbocycles. The Kier molecular flexibility index (Phi) is 2.04. The molecule has 1 saturated heterocycles. The summed E-state index contributed by atoms with van der Waals surface area (Å²) in [5.74, 6) is 0.151. The topological polar surface area (TPSA) is 58.4 Å². The molecule has 2 rings (SSSR count). The van der Waals surface area contributed by atoms with E-state index in [4.69, 9.17) is 5.73 Å². The summed E-state index contributed by atoms with van der Waals surface area (Å²) in [6, 6.07) is 0.470. The normalized spacial score (nSPS) is 26.6. The summed E-state index contributed by atoms with van der Waals surface area (Å²) in [5.41, 5.74) is 5.76. The maximum atomic E-state index is 11.3. The lowest BCUT2D eigenvalue weighted by molar-refractivity contribution is -0.124. The molecule has 4 heteroatoms. The number of rotatable bonds is 3. The van der Waals surface area contributed by atoms with Crippen LogP contribution in [0.3, 0.4) is 0 Å². The first kappa shape index (κ1) is 8.97. The second-order valence-electron chi connectivity index (χ2n) is 4.64. The van der Waals surface area contributed by atoms with Crippen LogP contribution < -0.4 is 11.1 Å². The molecular formula is C9H17N3O. The summed E-state index contributed by atoms with van der Waals surface area (Å²) < 4.78 is 0. The molecule has 1 saturated carbocycles. The van der Waals surface area contributed by atoms with Crippen molar-refractivity contribution in [2.45, 2.75) is 31.3 Å². The highest BCUT2D eigenvalue weighted by Gasteiger charge is 2.36. The number of nitrogens with zero attached hydrogens (tertiary/aromatic N) is 1. The van der Waals surface area contributed by atoms with Gasteiger partial charge in [-0.2, -0.15) is 0 Å². The van der Waals surface area contributed by atoms with E-state index in [1.165, 1.54) is 0 Å². The SMILES string of the molecule is CC1(N)CN(CC(=O)NC2CC2)C1. The molecule has 1 aliphatic heterocycles. The predicted molar refractivity (Wildman–Crippen MR) is 50.2 cm³/mol. The van der Waals surface area contributed by atoms with E-state index in [0.29, 0.717) is 12.6 Å². The van der Waals surface area contributed by atoms with Crippen LogP contribution in [0.1, 0.15) is 19.8 Å². The zero-order valence-corrected chi connectivity index (χ0v) is 8.05. The average Bonchev–Trinajstić information content (AvgIpc) is 2.66. The number of hydrogen-bond donors (Lipinski definition) is 2. The van der Waals surface area contributed by atoms with Crippen molar-refractivity contribution in [1.29, 1.82) is 0 Å². The Morgan fingerprint density at radius 1 is 1.62 bits per heavy atom. The smallest absolute Gasteiger partial charge is 0.234 e. The lowest BCUT2D eigenvalue weighted by atomic mass is 9.94. The van der Waals surface area contributed by atoms with Gasteiger partial charge in [0.05, 0.1) is 6.54 Å². The van der Waals surface area contributed by atoms with E-state index in [2.05, 4.69) is 10.2 Å². The predicted octanol–water partition coefficient (Wildman–Crippen LogP) is -0.702. The third-order valence-electron chi connectivity index (χ3n) is 2.48. The fourth-order valence-corrected chi connectivity index (χ4v) is 1.79. The Bertz CT molecular complexity index is 215. The molecule has 0 unspecified atom stereocenters. The van der Waals surface area contributed by atoms with Gasteiger partial charge in [-0.1, -0.05) is 0 Å². The molecule has 0 bridgehead atoms. The van der Waals surface area contributed by atoms with Gasteiger partial charge in [-0.3, -0.25) is 9.69 Å². The molecule has 0 atom stereocenters. The minimum Gasteiger partial charge on any atom is -0.352 e.